The molecule has 0 saturated heterocycles. The smallest absolute Gasteiger partial charge is 0.165 e. The van der Waals surface area contributed by atoms with Crippen molar-refractivity contribution >= 4 is 0 Å². The van der Waals surface area contributed by atoms with Gasteiger partial charge < -0.3 is 19.5 Å². The summed E-state index contributed by atoms with van der Waals surface area (Å²) in [6.45, 7) is 7.56. The third-order valence-corrected chi connectivity index (χ3v) is 3.06. The lowest BCUT2D eigenvalue weighted by Crippen LogP contribution is -2.20. The van der Waals surface area contributed by atoms with Crippen LogP contribution in [-0.4, -0.2) is 34.0 Å². The van der Waals surface area contributed by atoms with Gasteiger partial charge in [-0.15, -0.1) is 0 Å². The Hall–Kier alpha value is -1.26. The maximum atomic E-state index is 5.57. The molecule has 1 rings (SSSR count). The number of rotatable bonds is 10. The van der Waals surface area contributed by atoms with Crippen molar-refractivity contribution in [2.75, 3.05) is 34.0 Å². The minimum absolute atomic E-state index is 0.698. The van der Waals surface area contributed by atoms with Crippen LogP contribution in [0, 0.1) is 5.92 Å². The van der Waals surface area contributed by atoms with E-state index in [1.165, 1.54) is 0 Å². The Morgan fingerprint density at radius 1 is 1.10 bits per heavy atom. The van der Waals surface area contributed by atoms with E-state index in [1.807, 2.05) is 18.2 Å². The lowest BCUT2D eigenvalue weighted by molar-refractivity contribution is 0.125. The van der Waals surface area contributed by atoms with Crippen molar-refractivity contribution in [2.45, 2.75) is 26.8 Å². The highest BCUT2D eigenvalue weighted by Crippen LogP contribution is 2.30. The van der Waals surface area contributed by atoms with Gasteiger partial charge in [-0.25, -0.2) is 0 Å². The molecule has 1 aromatic rings. The third-order valence-electron chi connectivity index (χ3n) is 3.06. The maximum Gasteiger partial charge on any atom is 0.165 e. The summed E-state index contributed by atoms with van der Waals surface area (Å²) in [6.07, 6.45) is 1.11. The van der Waals surface area contributed by atoms with E-state index >= 15 is 0 Å². The van der Waals surface area contributed by atoms with E-state index in [-0.39, 0.29) is 0 Å². The first-order chi connectivity index (χ1) is 9.69. The molecule has 0 saturated carbocycles. The van der Waals surface area contributed by atoms with Crippen LogP contribution in [0.15, 0.2) is 18.2 Å². The van der Waals surface area contributed by atoms with Gasteiger partial charge in [-0.2, -0.15) is 0 Å². The molecule has 0 aliphatic heterocycles. The van der Waals surface area contributed by atoms with Crippen LogP contribution in [0.1, 0.15) is 25.8 Å². The highest BCUT2D eigenvalue weighted by molar-refractivity contribution is 5.46. The van der Waals surface area contributed by atoms with Gasteiger partial charge in [0, 0.05) is 25.3 Å². The summed E-state index contributed by atoms with van der Waals surface area (Å²) in [5.74, 6) is 2.26. The molecule has 0 radical (unpaired) electrons. The van der Waals surface area contributed by atoms with Crippen LogP contribution in [0.3, 0.4) is 0 Å². The van der Waals surface area contributed by atoms with Crippen LogP contribution in [0.2, 0.25) is 0 Å². The Balaban J connectivity index is 2.28. The van der Waals surface area contributed by atoms with Crippen LogP contribution in [0.4, 0.5) is 0 Å². The second-order valence-corrected chi connectivity index (χ2v) is 5.12. The minimum Gasteiger partial charge on any atom is -0.493 e. The van der Waals surface area contributed by atoms with Crippen molar-refractivity contribution < 1.29 is 14.2 Å². The summed E-state index contributed by atoms with van der Waals surface area (Å²) in [5, 5.41) is 3.36. The van der Waals surface area contributed by atoms with Crippen molar-refractivity contribution in [3.8, 4) is 11.5 Å². The first-order valence-electron chi connectivity index (χ1n) is 7.17. The van der Waals surface area contributed by atoms with E-state index in [9.17, 15) is 0 Å². The molecule has 1 aromatic carbocycles. The Morgan fingerprint density at radius 2 is 1.90 bits per heavy atom. The number of hydrogen-bond acceptors (Lipinski definition) is 4. The largest absolute Gasteiger partial charge is 0.493 e. The topological polar surface area (TPSA) is 39.7 Å². The molecular weight excluding hydrogens is 254 g/mol. The highest BCUT2D eigenvalue weighted by atomic mass is 16.5. The van der Waals surface area contributed by atoms with E-state index in [1.54, 1.807) is 14.2 Å². The predicted octanol–water partition coefficient (Wildman–Crippen LogP) is 2.86. The summed E-state index contributed by atoms with van der Waals surface area (Å²) in [7, 11) is 3.31. The molecule has 0 amide bonds. The zero-order valence-corrected chi connectivity index (χ0v) is 13.1. The molecule has 0 atom stereocenters. The Bertz CT molecular complexity index is 380. The van der Waals surface area contributed by atoms with Gasteiger partial charge >= 0.3 is 0 Å². The molecule has 0 aliphatic rings. The zero-order chi connectivity index (χ0) is 14.8. The molecule has 20 heavy (non-hydrogen) atoms. The SMILES string of the molecule is COc1cccc(CNCCOCCC(C)C)c1OC. The first kappa shape index (κ1) is 16.8. The summed E-state index contributed by atoms with van der Waals surface area (Å²) in [5.41, 5.74) is 1.09. The van der Waals surface area contributed by atoms with Gasteiger partial charge in [-0.3, -0.25) is 0 Å². The molecule has 0 unspecified atom stereocenters. The monoisotopic (exact) mass is 281 g/mol. The average Bonchev–Trinajstić information content (AvgIpc) is 2.45. The number of ether oxygens (including phenoxy) is 3. The van der Waals surface area contributed by atoms with Crippen LogP contribution in [0.5, 0.6) is 11.5 Å². The molecule has 0 fully saturated rings. The number of methoxy groups -OCH3 is 2. The van der Waals surface area contributed by atoms with E-state index < -0.39 is 0 Å². The number of nitrogens with one attached hydrogen (secondary N) is 1. The van der Waals surface area contributed by atoms with Crippen LogP contribution in [0.25, 0.3) is 0 Å². The molecule has 114 valence electrons. The number of para-hydroxylation sites is 1. The van der Waals surface area contributed by atoms with Gasteiger partial charge in [0.2, 0.25) is 0 Å². The third kappa shape index (κ3) is 5.80. The van der Waals surface area contributed by atoms with E-state index in [2.05, 4.69) is 19.2 Å². The Kier molecular flexibility index (Phi) is 8.07. The maximum absolute atomic E-state index is 5.57. The fraction of sp³-hybridized carbons (Fsp3) is 0.625. The van der Waals surface area contributed by atoms with Crippen molar-refractivity contribution in [3.63, 3.8) is 0 Å². The summed E-state index contributed by atoms with van der Waals surface area (Å²) in [4.78, 5) is 0. The van der Waals surface area contributed by atoms with Gasteiger partial charge in [-0.05, 0) is 18.4 Å². The Morgan fingerprint density at radius 3 is 2.55 bits per heavy atom. The van der Waals surface area contributed by atoms with E-state index in [4.69, 9.17) is 14.2 Å². The summed E-state index contributed by atoms with van der Waals surface area (Å²) >= 11 is 0. The lowest BCUT2D eigenvalue weighted by Gasteiger charge is -2.13. The summed E-state index contributed by atoms with van der Waals surface area (Å²) < 4.78 is 16.2. The minimum atomic E-state index is 0.698. The average molecular weight is 281 g/mol. The lowest BCUT2D eigenvalue weighted by atomic mass is 10.1. The fourth-order valence-electron chi connectivity index (χ4n) is 1.88. The molecule has 4 nitrogen and oxygen atoms in total. The van der Waals surface area contributed by atoms with Crippen LogP contribution >= 0.6 is 0 Å². The molecule has 0 heterocycles. The second kappa shape index (κ2) is 9.61. The summed E-state index contributed by atoms with van der Waals surface area (Å²) in [6, 6.07) is 5.91. The normalized spacial score (nSPS) is 10.8. The molecule has 1 N–H and O–H groups in total. The molecule has 0 aromatic heterocycles. The van der Waals surface area contributed by atoms with Gasteiger partial charge in [0.1, 0.15) is 0 Å². The van der Waals surface area contributed by atoms with Crippen molar-refractivity contribution in [2.24, 2.45) is 5.92 Å². The Labute approximate surface area is 122 Å². The van der Waals surface area contributed by atoms with Crippen LogP contribution < -0.4 is 14.8 Å². The quantitative estimate of drug-likeness (QED) is 0.669. The first-order valence-corrected chi connectivity index (χ1v) is 7.17. The van der Waals surface area contributed by atoms with Crippen molar-refractivity contribution in [3.05, 3.63) is 23.8 Å². The number of benzene rings is 1. The van der Waals surface area contributed by atoms with Gasteiger partial charge in [0.15, 0.2) is 11.5 Å². The standard InChI is InChI=1S/C16H27NO3/c1-13(2)8-10-20-11-9-17-12-14-6-5-7-15(18-3)16(14)19-4/h5-7,13,17H,8-12H2,1-4H3. The van der Waals surface area contributed by atoms with Gasteiger partial charge in [0.25, 0.3) is 0 Å². The molecule has 0 bridgehead atoms. The predicted molar refractivity (Wildman–Crippen MR) is 81.5 cm³/mol. The molecule has 4 heteroatoms. The zero-order valence-electron chi connectivity index (χ0n) is 13.1. The molecule has 0 aliphatic carbocycles. The number of hydrogen-bond donors (Lipinski definition) is 1. The second-order valence-electron chi connectivity index (χ2n) is 5.12. The van der Waals surface area contributed by atoms with Crippen molar-refractivity contribution in [1.82, 2.24) is 5.32 Å². The van der Waals surface area contributed by atoms with Crippen molar-refractivity contribution in [1.29, 1.82) is 0 Å². The van der Waals surface area contributed by atoms with Gasteiger partial charge in [0.05, 0.1) is 20.8 Å². The van der Waals surface area contributed by atoms with E-state index in [0.29, 0.717) is 5.92 Å². The van der Waals surface area contributed by atoms with E-state index in [0.717, 1.165) is 49.8 Å². The fourth-order valence-corrected chi connectivity index (χ4v) is 1.88. The van der Waals surface area contributed by atoms with Crippen LogP contribution in [-0.2, 0) is 11.3 Å². The highest BCUT2D eigenvalue weighted by Gasteiger charge is 2.08. The van der Waals surface area contributed by atoms with Gasteiger partial charge in [-0.1, -0.05) is 26.0 Å². The molecular formula is C16H27NO3. The molecule has 0 spiro atoms.